The van der Waals surface area contributed by atoms with Gasteiger partial charge in [-0.15, -0.1) is 12.4 Å². The van der Waals surface area contributed by atoms with Crippen LogP contribution >= 0.6 is 12.4 Å². The molecule has 18 heavy (non-hydrogen) atoms. The summed E-state index contributed by atoms with van der Waals surface area (Å²) in [4.78, 5) is -0.723. The van der Waals surface area contributed by atoms with E-state index in [1.807, 2.05) is 0 Å². The number of rotatable bonds is 4. The van der Waals surface area contributed by atoms with Crippen molar-refractivity contribution in [3.8, 4) is 0 Å². The number of hydrogen-bond donors (Lipinski definition) is 2. The topological polar surface area (TPSA) is 72.2 Å². The standard InChI is InChI=1S/C10H14F2N2O2S.ClH/c1-10(2,6-13)14-17(15,16)9-5-7(11)3-4-8(9)12;/h3-5,14H,6,13H2,1-2H3;1H. The fourth-order valence-corrected chi connectivity index (χ4v) is 2.66. The summed E-state index contributed by atoms with van der Waals surface area (Å²) in [5.74, 6) is -1.83. The minimum atomic E-state index is -4.13. The molecule has 4 nitrogen and oxygen atoms in total. The molecule has 0 radical (unpaired) electrons. The summed E-state index contributed by atoms with van der Waals surface area (Å²) >= 11 is 0. The van der Waals surface area contributed by atoms with Gasteiger partial charge in [-0.2, -0.15) is 0 Å². The first-order valence-electron chi connectivity index (χ1n) is 4.87. The normalized spacial score (nSPS) is 12.1. The Kier molecular flexibility index (Phi) is 5.67. The predicted molar refractivity (Wildman–Crippen MR) is 67.1 cm³/mol. The highest BCUT2D eigenvalue weighted by molar-refractivity contribution is 7.89. The van der Waals surface area contributed by atoms with Crippen molar-refractivity contribution in [1.82, 2.24) is 4.72 Å². The van der Waals surface area contributed by atoms with Crippen molar-refractivity contribution in [2.24, 2.45) is 5.73 Å². The van der Waals surface area contributed by atoms with Crippen LogP contribution in [0.5, 0.6) is 0 Å². The molecule has 1 rings (SSSR count). The van der Waals surface area contributed by atoms with Crippen LogP contribution < -0.4 is 10.5 Å². The van der Waals surface area contributed by atoms with Gasteiger partial charge in [-0.05, 0) is 32.0 Å². The summed E-state index contributed by atoms with van der Waals surface area (Å²) in [7, 11) is -4.13. The third-order valence-electron chi connectivity index (χ3n) is 2.10. The van der Waals surface area contributed by atoms with Crippen LogP contribution in [-0.2, 0) is 10.0 Å². The van der Waals surface area contributed by atoms with E-state index in [4.69, 9.17) is 5.73 Å². The molecular formula is C10H15ClF2N2O2S. The highest BCUT2D eigenvalue weighted by Crippen LogP contribution is 2.17. The number of benzene rings is 1. The van der Waals surface area contributed by atoms with Crippen molar-refractivity contribution in [2.45, 2.75) is 24.3 Å². The minimum Gasteiger partial charge on any atom is -0.329 e. The largest absolute Gasteiger partial charge is 0.329 e. The number of nitrogens with one attached hydrogen (secondary N) is 1. The zero-order valence-electron chi connectivity index (χ0n) is 9.91. The van der Waals surface area contributed by atoms with E-state index in [2.05, 4.69) is 4.72 Å². The third kappa shape index (κ3) is 4.16. The third-order valence-corrected chi connectivity index (χ3v) is 3.82. The first-order chi connectivity index (χ1) is 7.68. The Bertz CT molecular complexity index is 521. The molecule has 104 valence electrons. The van der Waals surface area contributed by atoms with E-state index in [9.17, 15) is 17.2 Å². The van der Waals surface area contributed by atoms with Gasteiger partial charge in [0.2, 0.25) is 10.0 Å². The molecule has 0 aliphatic heterocycles. The van der Waals surface area contributed by atoms with E-state index in [0.29, 0.717) is 6.07 Å². The van der Waals surface area contributed by atoms with Gasteiger partial charge in [0.05, 0.1) is 0 Å². The molecule has 0 fully saturated rings. The Morgan fingerprint density at radius 1 is 1.33 bits per heavy atom. The van der Waals surface area contributed by atoms with Gasteiger partial charge in [0.25, 0.3) is 0 Å². The fourth-order valence-electron chi connectivity index (χ4n) is 1.14. The molecular weight excluding hydrogens is 286 g/mol. The van der Waals surface area contributed by atoms with Crippen LogP contribution in [0.15, 0.2) is 23.1 Å². The van der Waals surface area contributed by atoms with Gasteiger partial charge < -0.3 is 5.73 Å². The molecule has 0 bridgehead atoms. The Hall–Kier alpha value is -0.760. The number of hydrogen-bond acceptors (Lipinski definition) is 3. The summed E-state index contributed by atoms with van der Waals surface area (Å²) in [5.41, 5.74) is 4.43. The lowest BCUT2D eigenvalue weighted by atomic mass is 10.1. The Morgan fingerprint density at radius 3 is 2.39 bits per heavy atom. The Balaban J connectivity index is 0.00000289. The summed E-state index contributed by atoms with van der Waals surface area (Å²) in [5, 5.41) is 0. The van der Waals surface area contributed by atoms with E-state index >= 15 is 0 Å². The lowest BCUT2D eigenvalue weighted by Crippen LogP contribution is -2.48. The van der Waals surface area contributed by atoms with Crippen molar-refractivity contribution < 1.29 is 17.2 Å². The molecule has 0 unspecified atom stereocenters. The van der Waals surface area contributed by atoms with Gasteiger partial charge in [0.15, 0.2) is 0 Å². The molecule has 0 aliphatic carbocycles. The van der Waals surface area contributed by atoms with Crippen LogP contribution in [-0.4, -0.2) is 20.5 Å². The Morgan fingerprint density at radius 2 is 1.89 bits per heavy atom. The van der Waals surface area contributed by atoms with Crippen LogP contribution in [0.4, 0.5) is 8.78 Å². The van der Waals surface area contributed by atoms with Crippen molar-refractivity contribution in [3.63, 3.8) is 0 Å². The lowest BCUT2D eigenvalue weighted by molar-refractivity contribution is 0.458. The maximum absolute atomic E-state index is 13.3. The van der Waals surface area contributed by atoms with E-state index in [0.717, 1.165) is 12.1 Å². The summed E-state index contributed by atoms with van der Waals surface area (Å²) in [6, 6.07) is 2.24. The lowest BCUT2D eigenvalue weighted by Gasteiger charge is -2.23. The van der Waals surface area contributed by atoms with Crippen molar-refractivity contribution in [2.75, 3.05) is 6.54 Å². The SMILES string of the molecule is CC(C)(CN)NS(=O)(=O)c1cc(F)ccc1F.Cl. The molecule has 1 aromatic rings. The average molecular weight is 301 g/mol. The molecule has 0 aromatic heterocycles. The molecule has 0 atom stereocenters. The van der Waals surface area contributed by atoms with Crippen LogP contribution in [0.2, 0.25) is 0 Å². The molecule has 0 saturated carbocycles. The van der Waals surface area contributed by atoms with Gasteiger partial charge >= 0.3 is 0 Å². The second-order valence-corrected chi connectivity index (χ2v) is 5.92. The highest BCUT2D eigenvalue weighted by Gasteiger charge is 2.27. The van der Waals surface area contributed by atoms with E-state index in [-0.39, 0.29) is 19.0 Å². The van der Waals surface area contributed by atoms with Gasteiger partial charge in [0.1, 0.15) is 16.5 Å². The zero-order chi connectivity index (χ0) is 13.3. The molecule has 8 heteroatoms. The zero-order valence-corrected chi connectivity index (χ0v) is 11.5. The number of halogens is 3. The quantitative estimate of drug-likeness (QED) is 0.883. The second kappa shape index (κ2) is 5.92. The molecule has 1 aromatic carbocycles. The number of nitrogens with two attached hydrogens (primary N) is 1. The molecule has 0 aliphatic rings. The van der Waals surface area contributed by atoms with Gasteiger partial charge in [-0.1, -0.05) is 0 Å². The highest BCUT2D eigenvalue weighted by atomic mass is 35.5. The fraction of sp³-hybridized carbons (Fsp3) is 0.400. The summed E-state index contributed by atoms with van der Waals surface area (Å²) in [6.45, 7) is 3.12. The van der Waals surface area contributed by atoms with E-state index < -0.39 is 32.1 Å². The van der Waals surface area contributed by atoms with Crippen molar-refractivity contribution in [3.05, 3.63) is 29.8 Å². The van der Waals surface area contributed by atoms with Crippen LogP contribution in [0, 0.1) is 11.6 Å². The van der Waals surface area contributed by atoms with E-state index in [1.165, 1.54) is 0 Å². The van der Waals surface area contributed by atoms with Crippen molar-refractivity contribution in [1.29, 1.82) is 0 Å². The van der Waals surface area contributed by atoms with Gasteiger partial charge in [0, 0.05) is 12.1 Å². The second-order valence-electron chi connectivity index (χ2n) is 4.27. The van der Waals surface area contributed by atoms with Crippen molar-refractivity contribution >= 4 is 22.4 Å². The van der Waals surface area contributed by atoms with Crippen LogP contribution in [0.1, 0.15) is 13.8 Å². The monoisotopic (exact) mass is 300 g/mol. The Labute approximate surface area is 111 Å². The minimum absolute atomic E-state index is 0. The first-order valence-corrected chi connectivity index (χ1v) is 6.35. The molecule has 3 N–H and O–H groups in total. The van der Waals surface area contributed by atoms with Gasteiger partial charge in [-0.3, -0.25) is 0 Å². The van der Waals surface area contributed by atoms with E-state index in [1.54, 1.807) is 13.8 Å². The predicted octanol–water partition coefficient (Wildman–Crippen LogP) is 1.40. The number of sulfonamides is 1. The van der Waals surface area contributed by atoms with Crippen LogP contribution in [0.25, 0.3) is 0 Å². The first kappa shape index (κ1) is 17.2. The van der Waals surface area contributed by atoms with Gasteiger partial charge in [-0.25, -0.2) is 21.9 Å². The molecule has 0 spiro atoms. The summed E-state index contributed by atoms with van der Waals surface area (Å²) in [6.07, 6.45) is 0. The molecule has 0 saturated heterocycles. The maximum atomic E-state index is 13.3. The van der Waals surface area contributed by atoms with Crippen LogP contribution in [0.3, 0.4) is 0 Å². The summed E-state index contributed by atoms with van der Waals surface area (Å²) < 4.78 is 52.1. The molecule has 0 heterocycles. The molecule has 0 amide bonds. The maximum Gasteiger partial charge on any atom is 0.244 e. The smallest absolute Gasteiger partial charge is 0.244 e. The average Bonchev–Trinajstić information content (AvgIpc) is 2.20.